The van der Waals surface area contributed by atoms with Crippen molar-refractivity contribution in [3.05, 3.63) is 59.7 Å². The van der Waals surface area contributed by atoms with Gasteiger partial charge in [0.05, 0.1) is 6.54 Å². The fourth-order valence-electron chi connectivity index (χ4n) is 3.08. The van der Waals surface area contributed by atoms with E-state index in [2.05, 4.69) is 34.6 Å². The molecule has 1 aliphatic heterocycles. The SMILES string of the molecule is CNC(=O)c1ccc(NC(=O)CN2c3ccccc3C[C@H]2C)cc1. The Morgan fingerprint density at radius 2 is 1.83 bits per heavy atom. The van der Waals surface area contributed by atoms with Crippen molar-refractivity contribution in [1.29, 1.82) is 0 Å². The molecule has 2 N–H and O–H groups in total. The number of benzene rings is 2. The van der Waals surface area contributed by atoms with Crippen LogP contribution in [0.5, 0.6) is 0 Å². The number of carbonyl (C=O) groups is 2. The second-order valence-electron chi connectivity index (χ2n) is 6.01. The van der Waals surface area contributed by atoms with E-state index in [-0.39, 0.29) is 11.8 Å². The van der Waals surface area contributed by atoms with Crippen LogP contribution in [0.2, 0.25) is 0 Å². The third-order valence-electron chi connectivity index (χ3n) is 4.32. The normalized spacial score (nSPS) is 15.8. The third kappa shape index (κ3) is 3.25. The molecule has 0 saturated carbocycles. The topological polar surface area (TPSA) is 61.4 Å². The average molecular weight is 323 g/mol. The van der Waals surface area contributed by atoms with Crippen molar-refractivity contribution < 1.29 is 9.59 Å². The predicted molar refractivity (Wildman–Crippen MR) is 95.4 cm³/mol. The molecule has 0 aliphatic carbocycles. The maximum absolute atomic E-state index is 12.4. The van der Waals surface area contributed by atoms with Crippen LogP contribution >= 0.6 is 0 Å². The van der Waals surface area contributed by atoms with Crippen LogP contribution in [0.3, 0.4) is 0 Å². The molecule has 5 heteroatoms. The van der Waals surface area contributed by atoms with Gasteiger partial charge in [0.25, 0.3) is 5.91 Å². The van der Waals surface area contributed by atoms with Gasteiger partial charge in [-0.1, -0.05) is 18.2 Å². The number of carbonyl (C=O) groups excluding carboxylic acids is 2. The highest BCUT2D eigenvalue weighted by atomic mass is 16.2. The van der Waals surface area contributed by atoms with Crippen molar-refractivity contribution in [2.24, 2.45) is 0 Å². The molecule has 1 aliphatic rings. The van der Waals surface area contributed by atoms with E-state index in [0.29, 0.717) is 23.8 Å². The van der Waals surface area contributed by atoms with Gasteiger partial charge in [0, 0.05) is 30.0 Å². The summed E-state index contributed by atoms with van der Waals surface area (Å²) < 4.78 is 0. The minimum Gasteiger partial charge on any atom is -0.359 e. The van der Waals surface area contributed by atoms with Gasteiger partial charge in [-0.05, 0) is 49.2 Å². The number of rotatable bonds is 4. The number of hydrogen-bond donors (Lipinski definition) is 2. The smallest absolute Gasteiger partial charge is 0.251 e. The molecule has 0 aromatic heterocycles. The highest BCUT2D eigenvalue weighted by Gasteiger charge is 2.26. The second kappa shape index (κ2) is 6.74. The number of hydrogen-bond acceptors (Lipinski definition) is 3. The van der Waals surface area contributed by atoms with Crippen LogP contribution in [0.25, 0.3) is 0 Å². The second-order valence-corrected chi connectivity index (χ2v) is 6.01. The summed E-state index contributed by atoms with van der Waals surface area (Å²) >= 11 is 0. The minimum absolute atomic E-state index is 0.0637. The van der Waals surface area contributed by atoms with E-state index in [1.54, 1.807) is 31.3 Å². The van der Waals surface area contributed by atoms with Crippen LogP contribution in [-0.4, -0.2) is 31.4 Å². The van der Waals surface area contributed by atoms with Gasteiger partial charge in [-0.2, -0.15) is 0 Å². The number of amides is 2. The summed E-state index contributed by atoms with van der Waals surface area (Å²) in [5.41, 5.74) is 3.67. The van der Waals surface area contributed by atoms with E-state index in [1.807, 2.05) is 12.1 Å². The summed E-state index contributed by atoms with van der Waals surface area (Å²) in [6.07, 6.45) is 0.963. The lowest BCUT2D eigenvalue weighted by Crippen LogP contribution is -2.37. The molecule has 0 radical (unpaired) electrons. The first-order chi connectivity index (χ1) is 11.6. The molecule has 2 aromatic carbocycles. The van der Waals surface area contributed by atoms with Gasteiger partial charge in [0.1, 0.15) is 0 Å². The minimum atomic E-state index is -0.143. The Bertz CT molecular complexity index is 755. The van der Waals surface area contributed by atoms with Crippen LogP contribution in [0.15, 0.2) is 48.5 Å². The lowest BCUT2D eigenvalue weighted by molar-refractivity contribution is -0.115. The Labute approximate surface area is 141 Å². The Kier molecular flexibility index (Phi) is 4.51. The molecular formula is C19H21N3O2. The standard InChI is InChI=1S/C19H21N3O2/c1-13-11-15-5-3-4-6-17(15)22(13)12-18(23)21-16-9-7-14(8-10-16)19(24)20-2/h3-10,13H,11-12H2,1-2H3,(H,20,24)(H,21,23)/t13-/m1/s1. The first kappa shape index (κ1) is 16.1. The van der Waals surface area contributed by atoms with Crippen LogP contribution in [0, 0.1) is 0 Å². The number of nitrogens with one attached hydrogen (secondary N) is 2. The maximum Gasteiger partial charge on any atom is 0.251 e. The zero-order valence-electron chi connectivity index (χ0n) is 13.9. The van der Waals surface area contributed by atoms with Crippen LogP contribution in [-0.2, 0) is 11.2 Å². The zero-order chi connectivity index (χ0) is 17.1. The monoisotopic (exact) mass is 323 g/mol. The van der Waals surface area contributed by atoms with E-state index < -0.39 is 0 Å². The molecule has 2 amide bonds. The number of nitrogens with zero attached hydrogens (tertiary/aromatic N) is 1. The van der Waals surface area contributed by atoms with E-state index in [1.165, 1.54) is 5.56 Å². The van der Waals surface area contributed by atoms with E-state index in [4.69, 9.17) is 0 Å². The lowest BCUT2D eigenvalue weighted by Gasteiger charge is -2.24. The molecule has 1 heterocycles. The molecule has 0 unspecified atom stereocenters. The summed E-state index contributed by atoms with van der Waals surface area (Å²) in [7, 11) is 1.59. The first-order valence-electron chi connectivity index (χ1n) is 8.05. The zero-order valence-corrected chi connectivity index (χ0v) is 13.9. The van der Waals surface area contributed by atoms with Gasteiger partial charge in [-0.25, -0.2) is 0 Å². The van der Waals surface area contributed by atoms with Crippen LogP contribution in [0.1, 0.15) is 22.8 Å². The maximum atomic E-state index is 12.4. The van der Waals surface area contributed by atoms with Crippen LogP contribution < -0.4 is 15.5 Å². The Morgan fingerprint density at radius 3 is 2.54 bits per heavy atom. The van der Waals surface area contributed by atoms with Gasteiger partial charge in [0.15, 0.2) is 0 Å². The summed E-state index contributed by atoms with van der Waals surface area (Å²) in [4.78, 5) is 26.0. The Balaban J connectivity index is 1.65. The molecule has 124 valence electrons. The number of para-hydroxylation sites is 1. The molecule has 3 rings (SSSR count). The fourth-order valence-corrected chi connectivity index (χ4v) is 3.08. The molecule has 0 saturated heterocycles. The van der Waals surface area contributed by atoms with Gasteiger partial charge < -0.3 is 15.5 Å². The van der Waals surface area contributed by atoms with Gasteiger partial charge in [-0.3, -0.25) is 9.59 Å². The first-order valence-corrected chi connectivity index (χ1v) is 8.05. The Hall–Kier alpha value is -2.82. The number of anilines is 2. The Morgan fingerprint density at radius 1 is 1.12 bits per heavy atom. The van der Waals surface area contributed by atoms with Crippen molar-refractivity contribution in [3.8, 4) is 0 Å². The molecule has 2 aromatic rings. The third-order valence-corrected chi connectivity index (χ3v) is 4.32. The molecule has 0 fully saturated rings. The van der Waals surface area contributed by atoms with Crippen molar-refractivity contribution in [3.63, 3.8) is 0 Å². The molecule has 0 bridgehead atoms. The fraction of sp³-hybridized carbons (Fsp3) is 0.263. The van der Waals surface area contributed by atoms with E-state index >= 15 is 0 Å². The number of fused-ring (bicyclic) bond motifs is 1. The van der Waals surface area contributed by atoms with Gasteiger partial charge in [-0.15, -0.1) is 0 Å². The van der Waals surface area contributed by atoms with Crippen molar-refractivity contribution in [2.45, 2.75) is 19.4 Å². The molecule has 24 heavy (non-hydrogen) atoms. The summed E-state index contributed by atoms with van der Waals surface area (Å²) in [6, 6.07) is 15.4. The molecule has 0 spiro atoms. The highest BCUT2D eigenvalue weighted by Crippen LogP contribution is 2.31. The molecular weight excluding hydrogens is 302 g/mol. The summed E-state index contributed by atoms with van der Waals surface area (Å²) in [5.74, 6) is -0.207. The lowest BCUT2D eigenvalue weighted by atomic mass is 10.1. The van der Waals surface area contributed by atoms with E-state index in [0.717, 1.165) is 12.1 Å². The van der Waals surface area contributed by atoms with Crippen molar-refractivity contribution in [1.82, 2.24) is 5.32 Å². The van der Waals surface area contributed by atoms with Crippen molar-refractivity contribution in [2.75, 3.05) is 23.8 Å². The quantitative estimate of drug-likeness (QED) is 0.908. The predicted octanol–water partition coefficient (Wildman–Crippen LogP) is 2.44. The van der Waals surface area contributed by atoms with Crippen LogP contribution in [0.4, 0.5) is 11.4 Å². The van der Waals surface area contributed by atoms with Crippen molar-refractivity contribution >= 4 is 23.2 Å². The summed E-state index contributed by atoms with van der Waals surface area (Å²) in [6.45, 7) is 2.45. The summed E-state index contributed by atoms with van der Waals surface area (Å²) in [5, 5.41) is 5.46. The molecule has 1 atom stereocenters. The molecule has 5 nitrogen and oxygen atoms in total. The largest absolute Gasteiger partial charge is 0.359 e. The highest BCUT2D eigenvalue weighted by molar-refractivity contribution is 5.97. The van der Waals surface area contributed by atoms with Gasteiger partial charge in [0.2, 0.25) is 5.91 Å². The van der Waals surface area contributed by atoms with E-state index in [9.17, 15) is 9.59 Å². The van der Waals surface area contributed by atoms with Gasteiger partial charge >= 0.3 is 0 Å². The average Bonchev–Trinajstić information content (AvgIpc) is 2.90.